The maximum atomic E-state index is 10.5. The van der Waals surface area contributed by atoms with Crippen molar-refractivity contribution in [2.24, 2.45) is 5.14 Å². The first kappa shape index (κ1) is 7.69. The molecule has 0 aromatic carbocycles. The van der Waals surface area contributed by atoms with Crippen LogP contribution in [0.5, 0.6) is 0 Å². The van der Waals surface area contributed by atoms with Crippen LogP contribution in [0.2, 0.25) is 0 Å². The van der Waals surface area contributed by atoms with Gasteiger partial charge in [-0.25, -0.2) is 4.21 Å². The van der Waals surface area contributed by atoms with E-state index in [9.17, 15) is 4.21 Å². The zero-order valence-corrected chi connectivity index (χ0v) is 6.56. The van der Waals surface area contributed by atoms with Gasteiger partial charge in [0.15, 0.2) is 0 Å². The first-order chi connectivity index (χ1) is 4.79. The van der Waals surface area contributed by atoms with Crippen LogP contribution in [0.25, 0.3) is 0 Å². The maximum Gasteiger partial charge on any atom is 0.0932 e. The molecule has 0 aromatic rings. The van der Waals surface area contributed by atoms with Gasteiger partial charge in [0.1, 0.15) is 0 Å². The van der Waals surface area contributed by atoms with E-state index in [2.05, 4.69) is 12.2 Å². The van der Waals surface area contributed by atoms with E-state index in [0.717, 1.165) is 18.4 Å². The predicted molar refractivity (Wildman–Crippen MR) is 43.7 cm³/mol. The summed E-state index contributed by atoms with van der Waals surface area (Å²) in [5.41, 5.74) is 1.10. The molecule has 1 aliphatic rings. The monoisotopic (exact) mass is 157 g/mol. The second-order valence-electron chi connectivity index (χ2n) is 2.28. The van der Waals surface area contributed by atoms with E-state index in [1.54, 1.807) is 0 Å². The summed E-state index contributed by atoms with van der Waals surface area (Å²) in [7, 11) is -1.18. The number of hydrogen-bond donors (Lipinski definition) is 1. The summed E-state index contributed by atoms with van der Waals surface area (Å²) < 4.78 is 10.5. The Balaban J connectivity index is 2.48. The van der Waals surface area contributed by atoms with E-state index in [4.69, 9.17) is 5.14 Å². The van der Waals surface area contributed by atoms with E-state index in [1.165, 1.54) is 0 Å². The Morgan fingerprint density at radius 3 is 2.90 bits per heavy atom. The summed E-state index contributed by atoms with van der Waals surface area (Å²) in [6.45, 7) is 0. The molecule has 0 heterocycles. The maximum absolute atomic E-state index is 10.5. The van der Waals surface area contributed by atoms with Crippen LogP contribution < -0.4 is 5.14 Å². The molecule has 0 fully saturated rings. The van der Waals surface area contributed by atoms with Crippen LogP contribution in [0.15, 0.2) is 23.8 Å². The Morgan fingerprint density at radius 2 is 2.40 bits per heavy atom. The van der Waals surface area contributed by atoms with Crippen LogP contribution >= 0.6 is 0 Å². The van der Waals surface area contributed by atoms with Crippen LogP contribution in [0.4, 0.5) is 0 Å². The van der Waals surface area contributed by atoms with Crippen molar-refractivity contribution in [3.8, 4) is 0 Å². The van der Waals surface area contributed by atoms with Gasteiger partial charge in [-0.3, -0.25) is 5.14 Å². The van der Waals surface area contributed by atoms with Crippen molar-refractivity contribution in [2.75, 3.05) is 5.75 Å². The SMILES string of the molecule is NS(=O)CC1=CCCC=C1. The van der Waals surface area contributed by atoms with E-state index in [-0.39, 0.29) is 0 Å². The lowest BCUT2D eigenvalue weighted by Crippen LogP contribution is -2.09. The minimum Gasteiger partial charge on any atom is -0.252 e. The quantitative estimate of drug-likeness (QED) is 0.635. The Morgan fingerprint density at radius 1 is 1.60 bits per heavy atom. The molecule has 0 aromatic heterocycles. The van der Waals surface area contributed by atoms with Crippen molar-refractivity contribution >= 4 is 11.0 Å². The van der Waals surface area contributed by atoms with Crippen LogP contribution in [0, 0.1) is 0 Å². The lowest BCUT2D eigenvalue weighted by atomic mass is 10.1. The van der Waals surface area contributed by atoms with E-state index in [0.29, 0.717) is 5.75 Å². The van der Waals surface area contributed by atoms with Gasteiger partial charge in [0.25, 0.3) is 0 Å². The lowest BCUT2D eigenvalue weighted by molar-refractivity contribution is 0.685. The van der Waals surface area contributed by atoms with Crippen molar-refractivity contribution in [3.05, 3.63) is 23.8 Å². The molecule has 2 N–H and O–H groups in total. The third kappa shape index (κ3) is 2.45. The van der Waals surface area contributed by atoms with Gasteiger partial charge in [-0.1, -0.05) is 18.2 Å². The predicted octanol–water partition coefficient (Wildman–Crippen LogP) is 0.885. The number of nitrogens with two attached hydrogens (primary N) is 1. The molecular formula is C7H11NOS. The molecule has 1 aliphatic carbocycles. The Labute approximate surface area is 63.4 Å². The Kier molecular flexibility index (Phi) is 2.83. The van der Waals surface area contributed by atoms with Gasteiger partial charge in [-0.15, -0.1) is 0 Å². The summed E-state index contributed by atoms with van der Waals surface area (Å²) >= 11 is 0. The Bertz CT molecular complexity index is 196. The molecule has 1 atom stereocenters. The molecule has 1 unspecified atom stereocenters. The molecule has 10 heavy (non-hydrogen) atoms. The zero-order chi connectivity index (χ0) is 7.40. The standard InChI is InChI=1S/C7H11NOS/c8-10(9)6-7-4-2-1-3-5-7/h2,4-5H,1,3,6,8H2. The minimum atomic E-state index is -1.18. The third-order valence-electron chi connectivity index (χ3n) is 1.38. The fourth-order valence-electron chi connectivity index (χ4n) is 0.939. The number of rotatable bonds is 2. The molecule has 2 nitrogen and oxygen atoms in total. The highest BCUT2D eigenvalue weighted by Gasteiger charge is 1.98. The van der Waals surface area contributed by atoms with Crippen molar-refractivity contribution < 1.29 is 4.21 Å². The molecule has 0 radical (unpaired) electrons. The summed E-state index contributed by atoms with van der Waals surface area (Å²) in [4.78, 5) is 0. The van der Waals surface area contributed by atoms with Gasteiger partial charge in [-0.05, 0) is 18.4 Å². The first-order valence-electron chi connectivity index (χ1n) is 3.27. The van der Waals surface area contributed by atoms with Crippen molar-refractivity contribution in [3.63, 3.8) is 0 Å². The normalized spacial score (nSPS) is 20.3. The largest absolute Gasteiger partial charge is 0.252 e. The second-order valence-corrected chi connectivity index (χ2v) is 3.33. The van der Waals surface area contributed by atoms with Gasteiger partial charge in [-0.2, -0.15) is 0 Å². The van der Waals surface area contributed by atoms with E-state index in [1.807, 2.05) is 6.08 Å². The molecule has 0 amide bonds. The fourth-order valence-corrected chi connectivity index (χ4v) is 1.48. The summed E-state index contributed by atoms with van der Waals surface area (Å²) in [5.74, 6) is 0.497. The molecule has 0 saturated heterocycles. The molecule has 56 valence electrons. The first-order valence-corrected chi connectivity index (χ1v) is 4.65. The minimum absolute atomic E-state index is 0.497. The summed E-state index contributed by atoms with van der Waals surface area (Å²) in [6.07, 6.45) is 8.32. The molecule has 0 bridgehead atoms. The second kappa shape index (κ2) is 3.68. The highest BCUT2D eigenvalue weighted by Crippen LogP contribution is 2.09. The molecule has 0 spiro atoms. The van der Waals surface area contributed by atoms with Gasteiger partial charge >= 0.3 is 0 Å². The average molecular weight is 157 g/mol. The van der Waals surface area contributed by atoms with Crippen LogP contribution in [0.3, 0.4) is 0 Å². The highest BCUT2D eigenvalue weighted by molar-refractivity contribution is 7.82. The van der Waals surface area contributed by atoms with Gasteiger partial charge in [0, 0.05) is 0 Å². The molecule has 3 heteroatoms. The average Bonchev–Trinajstić information content (AvgIpc) is 1.88. The van der Waals surface area contributed by atoms with Crippen molar-refractivity contribution in [1.82, 2.24) is 0 Å². The van der Waals surface area contributed by atoms with Crippen LogP contribution in [0.1, 0.15) is 12.8 Å². The molecule has 0 saturated carbocycles. The van der Waals surface area contributed by atoms with Gasteiger partial charge in [0.05, 0.1) is 16.7 Å². The fraction of sp³-hybridized carbons (Fsp3) is 0.429. The smallest absolute Gasteiger partial charge is 0.0932 e. The molecule has 0 aliphatic heterocycles. The number of allylic oxidation sites excluding steroid dienone is 3. The summed E-state index contributed by atoms with van der Waals surface area (Å²) in [5, 5.41) is 5.12. The van der Waals surface area contributed by atoms with E-state index < -0.39 is 11.0 Å². The summed E-state index contributed by atoms with van der Waals surface area (Å²) in [6, 6.07) is 0. The van der Waals surface area contributed by atoms with Crippen LogP contribution in [-0.4, -0.2) is 9.96 Å². The van der Waals surface area contributed by atoms with Gasteiger partial charge in [0.2, 0.25) is 0 Å². The van der Waals surface area contributed by atoms with Gasteiger partial charge < -0.3 is 0 Å². The molecular weight excluding hydrogens is 146 g/mol. The van der Waals surface area contributed by atoms with Crippen LogP contribution in [-0.2, 0) is 11.0 Å². The Hall–Kier alpha value is -0.410. The lowest BCUT2D eigenvalue weighted by Gasteiger charge is -2.02. The van der Waals surface area contributed by atoms with Crippen molar-refractivity contribution in [2.45, 2.75) is 12.8 Å². The van der Waals surface area contributed by atoms with Crippen molar-refractivity contribution in [1.29, 1.82) is 0 Å². The highest BCUT2D eigenvalue weighted by atomic mass is 32.2. The topological polar surface area (TPSA) is 43.1 Å². The number of hydrogen-bond acceptors (Lipinski definition) is 1. The molecule has 1 rings (SSSR count). The third-order valence-corrected chi connectivity index (χ3v) is 2.00. The van der Waals surface area contributed by atoms with E-state index >= 15 is 0 Å². The zero-order valence-electron chi connectivity index (χ0n) is 5.75.